The predicted molar refractivity (Wildman–Crippen MR) is 178 cm³/mol. The minimum atomic E-state index is -0.602. The van der Waals surface area contributed by atoms with Gasteiger partial charge >= 0.3 is 0 Å². The first kappa shape index (κ1) is 25.9. The Kier molecular flexibility index (Phi) is 6.20. The van der Waals surface area contributed by atoms with Gasteiger partial charge in [0.1, 0.15) is 17.7 Å². The summed E-state index contributed by atoms with van der Waals surface area (Å²) in [5.41, 5.74) is 10.3. The maximum atomic E-state index is 7.78. The van der Waals surface area contributed by atoms with Crippen molar-refractivity contribution in [1.82, 2.24) is 5.32 Å². The zero-order valence-electron chi connectivity index (χ0n) is 23.9. The van der Waals surface area contributed by atoms with Gasteiger partial charge in [0, 0.05) is 23.0 Å². The number of hydrogen-bond acceptors (Lipinski definition) is 4. The Hall–Kier alpha value is -5.74. The number of benzene rings is 5. The van der Waals surface area contributed by atoms with E-state index >= 15 is 0 Å². The molecule has 4 heteroatoms. The molecule has 0 amide bonds. The summed E-state index contributed by atoms with van der Waals surface area (Å²) in [6, 6.07) is 44.1. The Morgan fingerprint density at radius 3 is 2.00 bits per heavy atom. The van der Waals surface area contributed by atoms with Gasteiger partial charge in [-0.25, -0.2) is 0 Å². The van der Waals surface area contributed by atoms with Crippen molar-refractivity contribution in [3.05, 3.63) is 190 Å². The molecule has 5 aromatic rings. The van der Waals surface area contributed by atoms with Gasteiger partial charge in [-0.3, -0.25) is 4.99 Å². The van der Waals surface area contributed by atoms with E-state index in [2.05, 4.69) is 115 Å². The number of nitrogens with one attached hydrogen (secondary N) is 2. The number of allylic oxidation sites excluding steroid dienone is 4. The molecule has 2 heterocycles. The summed E-state index contributed by atoms with van der Waals surface area (Å²) in [5, 5.41) is 11.5. The molecule has 1 aliphatic carbocycles. The first-order valence-electron chi connectivity index (χ1n) is 14.8. The molecule has 0 saturated carbocycles. The summed E-state index contributed by atoms with van der Waals surface area (Å²) in [5.74, 6) is 1.68. The van der Waals surface area contributed by atoms with Crippen LogP contribution in [0.1, 0.15) is 45.1 Å². The van der Waals surface area contributed by atoms with Crippen LogP contribution in [0.2, 0.25) is 0 Å². The van der Waals surface area contributed by atoms with Crippen molar-refractivity contribution in [2.75, 3.05) is 0 Å². The summed E-state index contributed by atoms with van der Waals surface area (Å²) in [6.07, 6.45) is 9.30. The van der Waals surface area contributed by atoms with Gasteiger partial charge in [-0.05, 0) is 69.8 Å². The second kappa shape index (κ2) is 10.5. The van der Waals surface area contributed by atoms with Crippen LogP contribution in [-0.2, 0) is 5.41 Å². The van der Waals surface area contributed by atoms with E-state index < -0.39 is 5.41 Å². The van der Waals surface area contributed by atoms with Crippen molar-refractivity contribution in [2.45, 2.75) is 11.6 Å². The number of hydrogen-bond donors (Lipinski definition) is 2. The van der Waals surface area contributed by atoms with Gasteiger partial charge in [-0.1, -0.05) is 115 Å². The van der Waals surface area contributed by atoms with E-state index in [0.29, 0.717) is 0 Å². The molecule has 8 rings (SSSR count). The molecule has 210 valence electrons. The Bertz CT molecular complexity index is 1990. The number of aliphatic imine (C=N–C) groups is 1. The zero-order valence-corrected chi connectivity index (χ0v) is 23.9. The fourth-order valence-corrected chi connectivity index (χ4v) is 6.79. The molecule has 44 heavy (non-hydrogen) atoms. The molecule has 0 fully saturated rings. The van der Waals surface area contributed by atoms with Crippen LogP contribution in [-0.4, -0.2) is 11.9 Å². The normalized spacial score (nSPS) is 17.4. The van der Waals surface area contributed by atoms with Crippen molar-refractivity contribution < 1.29 is 4.74 Å². The molecular weight excluding hydrogens is 538 g/mol. The fourth-order valence-electron chi connectivity index (χ4n) is 6.79. The van der Waals surface area contributed by atoms with Crippen LogP contribution in [0.15, 0.2) is 156 Å². The monoisotopic (exact) mass is 567 g/mol. The second-order valence-electron chi connectivity index (χ2n) is 11.2. The first-order chi connectivity index (χ1) is 21.8. The summed E-state index contributed by atoms with van der Waals surface area (Å²) < 4.78 is 6.47. The van der Waals surface area contributed by atoms with E-state index in [-0.39, 0.29) is 6.17 Å². The molecule has 2 aliphatic heterocycles. The first-order valence-corrected chi connectivity index (χ1v) is 14.8. The molecule has 1 atom stereocenters. The average Bonchev–Trinajstić information content (AvgIpc) is 3.41. The molecule has 1 spiro atoms. The van der Waals surface area contributed by atoms with Crippen LogP contribution in [0.5, 0.6) is 11.5 Å². The van der Waals surface area contributed by atoms with E-state index in [1.165, 1.54) is 11.8 Å². The summed E-state index contributed by atoms with van der Waals surface area (Å²) in [6.45, 7) is 0. The molecular formula is C40H29N3O. The van der Waals surface area contributed by atoms with Crippen molar-refractivity contribution >= 4 is 23.7 Å². The van der Waals surface area contributed by atoms with Crippen LogP contribution >= 0.6 is 0 Å². The quantitative estimate of drug-likeness (QED) is 0.208. The molecule has 0 bridgehead atoms. The average molecular weight is 568 g/mol. The minimum Gasteiger partial charge on any atom is -0.457 e. The molecule has 1 unspecified atom stereocenters. The molecule has 0 saturated heterocycles. The lowest BCUT2D eigenvalue weighted by Crippen LogP contribution is -2.33. The van der Waals surface area contributed by atoms with E-state index in [9.17, 15) is 0 Å². The molecule has 4 nitrogen and oxygen atoms in total. The summed E-state index contributed by atoms with van der Waals surface area (Å²) >= 11 is 0. The van der Waals surface area contributed by atoms with E-state index in [4.69, 9.17) is 15.1 Å². The van der Waals surface area contributed by atoms with Gasteiger partial charge < -0.3 is 15.5 Å². The van der Waals surface area contributed by atoms with Crippen LogP contribution in [0, 0.1) is 5.41 Å². The molecule has 0 radical (unpaired) electrons. The number of nitrogens with zero attached hydrogens (tertiary/aromatic N) is 1. The summed E-state index contributed by atoms with van der Waals surface area (Å²) in [4.78, 5) is 5.26. The lowest BCUT2D eigenvalue weighted by molar-refractivity contribution is 0.435. The summed E-state index contributed by atoms with van der Waals surface area (Å²) in [7, 11) is 0. The molecule has 5 aromatic carbocycles. The molecule has 3 aliphatic rings. The minimum absolute atomic E-state index is 0.292. The highest BCUT2D eigenvalue weighted by Gasteiger charge is 2.49. The maximum absolute atomic E-state index is 7.78. The van der Waals surface area contributed by atoms with Crippen LogP contribution < -0.4 is 10.1 Å². The lowest BCUT2D eigenvalue weighted by atomic mass is 9.65. The van der Waals surface area contributed by atoms with Crippen LogP contribution in [0.4, 0.5) is 0 Å². The maximum Gasteiger partial charge on any atom is 0.145 e. The smallest absolute Gasteiger partial charge is 0.145 e. The van der Waals surface area contributed by atoms with E-state index in [1.54, 1.807) is 6.08 Å². The van der Waals surface area contributed by atoms with Crippen molar-refractivity contribution in [3.63, 3.8) is 0 Å². The highest BCUT2D eigenvalue weighted by Crippen LogP contribution is 2.59. The van der Waals surface area contributed by atoms with Crippen molar-refractivity contribution in [1.29, 1.82) is 5.41 Å². The topological polar surface area (TPSA) is 57.5 Å². The SMILES string of the molecule is N=C/C=C\C1=Cc2ccc(C3N=C(c4ccccc4)C=C(c4ccccc4)N3)cc2C12c1ccccc1Oc1ccccc12. The van der Waals surface area contributed by atoms with Crippen LogP contribution in [0.25, 0.3) is 11.8 Å². The third-order valence-electron chi connectivity index (χ3n) is 8.71. The molecule has 2 N–H and O–H groups in total. The third kappa shape index (κ3) is 4.07. The largest absolute Gasteiger partial charge is 0.457 e. The highest BCUT2D eigenvalue weighted by molar-refractivity contribution is 6.13. The predicted octanol–water partition coefficient (Wildman–Crippen LogP) is 8.86. The number of rotatable bonds is 5. The van der Waals surface area contributed by atoms with Crippen LogP contribution in [0.3, 0.4) is 0 Å². The fraction of sp³-hybridized carbons (Fsp3) is 0.0500. The van der Waals surface area contributed by atoms with Gasteiger partial charge in [0.2, 0.25) is 0 Å². The van der Waals surface area contributed by atoms with Gasteiger partial charge in [-0.2, -0.15) is 0 Å². The van der Waals surface area contributed by atoms with Gasteiger partial charge in [0.15, 0.2) is 0 Å². The number of para-hydroxylation sites is 2. The van der Waals surface area contributed by atoms with E-state index in [1.807, 2.05) is 36.4 Å². The van der Waals surface area contributed by atoms with Gasteiger partial charge in [0.05, 0.1) is 11.1 Å². The Morgan fingerprint density at radius 1 is 0.682 bits per heavy atom. The standard InChI is InChI=1S/C40H29N3O/c41-23-11-16-31-24-29-21-22-30(25-34(29)40(31)32-17-7-9-19-37(32)44-38-20-10-8-18-33(38)40)39-42-35(27-12-3-1-4-13-27)26-36(43-39)28-14-5-2-6-15-28/h1-26,39,41-42H/b16-11-,41-23?. The Balaban J connectivity index is 1.33. The van der Waals surface area contributed by atoms with Crippen molar-refractivity contribution in [3.8, 4) is 11.5 Å². The Labute approximate surface area is 256 Å². The zero-order chi connectivity index (χ0) is 29.5. The second-order valence-corrected chi connectivity index (χ2v) is 11.2. The van der Waals surface area contributed by atoms with E-state index in [0.717, 1.165) is 61.9 Å². The number of fused-ring (bicyclic) bond motifs is 6. The lowest BCUT2D eigenvalue weighted by Gasteiger charge is -2.40. The Morgan fingerprint density at radius 2 is 1.32 bits per heavy atom. The third-order valence-corrected chi connectivity index (χ3v) is 8.71. The van der Waals surface area contributed by atoms with Gasteiger partial charge in [0.25, 0.3) is 0 Å². The molecule has 0 aromatic heterocycles. The van der Waals surface area contributed by atoms with Gasteiger partial charge in [-0.15, -0.1) is 0 Å². The highest BCUT2D eigenvalue weighted by atomic mass is 16.5. The number of ether oxygens (including phenoxy) is 1. The van der Waals surface area contributed by atoms with Crippen molar-refractivity contribution in [2.24, 2.45) is 4.99 Å².